The van der Waals surface area contributed by atoms with E-state index in [-0.39, 0.29) is 5.91 Å². The minimum atomic E-state index is -0.00793. The van der Waals surface area contributed by atoms with Gasteiger partial charge in [0.1, 0.15) is 6.33 Å². The predicted octanol–water partition coefficient (Wildman–Crippen LogP) is 2.42. The van der Waals surface area contributed by atoms with Crippen LogP contribution in [0.4, 0.5) is 5.69 Å². The quantitative estimate of drug-likeness (QED) is 0.682. The van der Waals surface area contributed by atoms with Crippen molar-refractivity contribution in [2.45, 2.75) is 40.2 Å². The van der Waals surface area contributed by atoms with E-state index in [1.165, 1.54) is 6.33 Å². The summed E-state index contributed by atoms with van der Waals surface area (Å²) in [5, 5.41) is 10.5. The Labute approximate surface area is 152 Å². The molecule has 0 aliphatic rings. The van der Waals surface area contributed by atoms with E-state index in [0.29, 0.717) is 18.6 Å². The Hall–Kier alpha value is -2.80. The van der Waals surface area contributed by atoms with Gasteiger partial charge in [-0.3, -0.25) is 4.79 Å². The van der Waals surface area contributed by atoms with Gasteiger partial charge < -0.3 is 10.6 Å². The Morgan fingerprint density at radius 1 is 1.23 bits per heavy atom. The molecular formula is C19H24N6O. The van der Waals surface area contributed by atoms with Crippen molar-refractivity contribution in [2.24, 2.45) is 0 Å². The van der Waals surface area contributed by atoms with E-state index >= 15 is 0 Å². The molecule has 0 unspecified atom stereocenters. The number of carbonyl (C=O) groups is 1. The summed E-state index contributed by atoms with van der Waals surface area (Å²) in [6, 6.07) is 7.87. The number of hydrogen-bond acceptors (Lipinski definition) is 5. The van der Waals surface area contributed by atoms with Crippen LogP contribution in [0.1, 0.15) is 35.9 Å². The summed E-state index contributed by atoms with van der Waals surface area (Å²) in [7, 11) is 0. The molecule has 2 heterocycles. The zero-order valence-corrected chi connectivity index (χ0v) is 15.4. The Morgan fingerprint density at radius 3 is 2.85 bits per heavy atom. The lowest BCUT2D eigenvalue weighted by Crippen LogP contribution is -2.18. The maximum absolute atomic E-state index is 12.5. The topological polar surface area (TPSA) is 84.2 Å². The molecule has 0 saturated heterocycles. The standard InChI is InChI=1S/C19H24N6O/c1-4-20-11-15-7-5-6-8-17(15)24-18(26)10-9-16-13(2)23-19-21-12-22-25(19)14(16)3/h5-8,12,20H,4,9-11H2,1-3H3,(H,24,26). The third kappa shape index (κ3) is 3.88. The van der Waals surface area contributed by atoms with Crippen LogP contribution in [0.25, 0.3) is 5.78 Å². The number of nitrogens with zero attached hydrogens (tertiary/aromatic N) is 4. The second kappa shape index (κ2) is 8.05. The Balaban J connectivity index is 1.68. The van der Waals surface area contributed by atoms with Gasteiger partial charge in [-0.15, -0.1) is 0 Å². The van der Waals surface area contributed by atoms with Gasteiger partial charge in [0.15, 0.2) is 0 Å². The molecule has 136 valence electrons. The third-order valence-corrected chi connectivity index (χ3v) is 4.45. The first-order valence-corrected chi connectivity index (χ1v) is 8.84. The van der Waals surface area contributed by atoms with E-state index in [2.05, 4.69) is 32.6 Å². The van der Waals surface area contributed by atoms with Crippen LogP contribution in [0.3, 0.4) is 0 Å². The average molecular weight is 352 g/mol. The molecule has 0 aliphatic carbocycles. The number of benzene rings is 1. The van der Waals surface area contributed by atoms with Crippen molar-refractivity contribution in [3.8, 4) is 0 Å². The molecule has 0 fully saturated rings. The predicted molar refractivity (Wildman–Crippen MR) is 101 cm³/mol. The molecule has 1 aromatic carbocycles. The lowest BCUT2D eigenvalue weighted by atomic mass is 10.1. The monoisotopic (exact) mass is 352 g/mol. The van der Waals surface area contributed by atoms with Crippen molar-refractivity contribution in [3.05, 3.63) is 53.1 Å². The van der Waals surface area contributed by atoms with Crippen LogP contribution < -0.4 is 10.6 Å². The highest BCUT2D eigenvalue weighted by Gasteiger charge is 2.13. The second-order valence-electron chi connectivity index (χ2n) is 6.22. The SMILES string of the molecule is CCNCc1ccccc1NC(=O)CCc1c(C)nc2ncnn2c1C. The van der Waals surface area contributed by atoms with Crippen molar-refractivity contribution in [2.75, 3.05) is 11.9 Å². The van der Waals surface area contributed by atoms with Gasteiger partial charge in [-0.1, -0.05) is 25.1 Å². The van der Waals surface area contributed by atoms with Crippen LogP contribution in [0, 0.1) is 13.8 Å². The summed E-state index contributed by atoms with van der Waals surface area (Å²) >= 11 is 0. The highest BCUT2D eigenvalue weighted by atomic mass is 16.1. The van der Waals surface area contributed by atoms with Gasteiger partial charge in [0.2, 0.25) is 5.91 Å². The number of carbonyl (C=O) groups excluding carboxylic acids is 1. The molecule has 0 bridgehead atoms. The zero-order chi connectivity index (χ0) is 18.5. The van der Waals surface area contributed by atoms with E-state index in [1.54, 1.807) is 4.52 Å². The molecule has 3 rings (SSSR count). The van der Waals surface area contributed by atoms with E-state index < -0.39 is 0 Å². The number of fused-ring (bicyclic) bond motifs is 1. The molecule has 2 aromatic heterocycles. The van der Waals surface area contributed by atoms with Crippen molar-refractivity contribution >= 4 is 17.4 Å². The number of hydrogen-bond donors (Lipinski definition) is 2. The van der Waals surface area contributed by atoms with E-state index in [0.717, 1.165) is 41.3 Å². The van der Waals surface area contributed by atoms with Gasteiger partial charge in [0, 0.05) is 30.0 Å². The van der Waals surface area contributed by atoms with E-state index in [4.69, 9.17) is 0 Å². The largest absolute Gasteiger partial charge is 0.326 e. The first-order valence-electron chi connectivity index (χ1n) is 8.84. The van der Waals surface area contributed by atoms with Crippen LogP contribution in [-0.2, 0) is 17.8 Å². The van der Waals surface area contributed by atoms with E-state index in [1.807, 2.05) is 38.1 Å². The van der Waals surface area contributed by atoms with Gasteiger partial charge in [0.25, 0.3) is 5.78 Å². The number of rotatable bonds is 7. The number of amides is 1. The minimum Gasteiger partial charge on any atom is -0.326 e. The fourth-order valence-electron chi connectivity index (χ4n) is 3.02. The van der Waals surface area contributed by atoms with Crippen LogP contribution in [0.2, 0.25) is 0 Å². The van der Waals surface area contributed by atoms with Crippen molar-refractivity contribution in [3.63, 3.8) is 0 Å². The molecule has 26 heavy (non-hydrogen) atoms. The Kier molecular flexibility index (Phi) is 5.58. The van der Waals surface area contributed by atoms with Crippen molar-refractivity contribution in [1.29, 1.82) is 0 Å². The van der Waals surface area contributed by atoms with Crippen molar-refractivity contribution in [1.82, 2.24) is 24.9 Å². The van der Waals surface area contributed by atoms with Crippen LogP contribution >= 0.6 is 0 Å². The molecule has 7 heteroatoms. The number of aryl methyl sites for hydroxylation is 2. The molecule has 0 saturated carbocycles. The van der Waals surface area contributed by atoms with Crippen molar-refractivity contribution < 1.29 is 4.79 Å². The molecular weight excluding hydrogens is 328 g/mol. The van der Waals surface area contributed by atoms with Gasteiger partial charge in [-0.05, 0) is 44.0 Å². The summed E-state index contributed by atoms with van der Waals surface area (Å²) in [6.07, 6.45) is 2.49. The summed E-state index contributed by atoms with van der Waals surface area (Å²) < 4.78 is 1.71. The highest BCUT2D eigenvalue weighted by molar-refractivity contribution is 5.91. The molecule has 7 nitrogen and oxygen atoms in total. The lowest BCUT2D eigenvalue weighted by Gasteiger charge is -2.13. The fourth-order valence-corrected chi connectivity index (χ4v) is 3.02. The highest BCUT2D eigenvalue weighted by Crippen LogP contribution is 2.17. The molecule has 2 N–H and O–H groups in total. The smallest absolute Gasteiger partial charge is 0.252 e. The molecule has 0 atom stereocenters. The molecule has 0 radical (unpaired) electrons. The van der Waals surface area contributed by atoms with Gasteiger partial charge in [0.05, 0.1) is 0 Å². The van der Waals surface area contributed by atoms with E-state index in [9.17, 15) is 4.79 Å². The van der Waals surface area contributed by atoms with Gasteiger partial charge >= 0.3 is 0 Å². The lowest BCUT2D eigenvalue weighted by molar-refractivity contribution is -0.116. The molecule has 0 spiro atoms. The molecule has 1 amide bonds. The van der Waals surface area contributed by atoms with Crippen LogP contribution in [0.5, 0.6) is 0 Å². The normalized spacial score (nSPS) is 11.0. The number of aromatic nitrogens is 4. The maximum Gasteiger partial charge on any atom is 0.252 e. The summed E-state index contributed by atoms with van der Waals surface area (Å²) in [6.45, 7) is 7.61. The number of para-hydroxylation sites is 1. The average Bonchev–Trinajstić information content (AvgIpc) is 3.09. The van der Waals surface area contributed by atoms with Gasteiger partial charge in [-0.25, -0.2) is 9.50 Å². The molecule has 3 aromatic rings. The summed E-state index contributed by atoms with van der Waals surface area (Å²) in [5.41, 5.74) is 4.85. The molecule has 0 aliphatic heterocycles. The minimum absolute atomic E-state index is 0.00793. The summed E-state index contributed by atoms with van der Waals surface area (Å²) in [4.78, 5) is 21.0. The number of anilines is 1. The Bertz CT molecular complexity index is 918. The van der Waals surface area contributed by atoms with Crippen LogP contribution in [0.15, 0.2) is 30.6 Å². The fraction of sp³-hybridized carbons (Fsp3) is 0.368. The first-order chi connectivity index (χ1) is 12.6. The van der Waals surface area contributed by atoms with Crippen LogP contribution in [-0.4, -0.2) is 32.0 Å². The zero-order valence-electron chi connectivity index (χ0n) is 15.4. The third-order valence-electron chi connectivity index (χ3n) is 4.45. The number of nitrogens with one attached hydrogen (secondary N) is 2. The summed E-state index contributed by atoms with van der Waals surface area (Å²) in [5.74, 6) is 0.581. The Morgan fingerprint density at radius 2 is 2.04 bits per heavy atom. The maximum atomic E-state index is 12.5. The van der Waals surface area contributed by atoms with Gasteiger partial charge in [-0.2, -0.15) is 10.1 Å². The second-order valence-corrected chi connectivity index (χ2v) is 6.22. The first kappa shape index (κ1) is 18.0.